The van der Waals surface area contributed by atoms with Crippen LogP contribution in [0.3, 0.4) is 0 Å². The summed E-state index contributed by atoms with van der Waals surface area (Å²) in [5, 5.41) is 0. The minimum Gasteiger partial charge on any atom is -0.493 e. The number of para-hydroxylation sites is 1. The Labute approximate surface area is 129 Å². The van der Waals surface area contributed by atoms with Crippen molar-refractivity contribution in [2.24, 2.45) is 5.41 Å². The zero-order valence-corrected chi connectivity index (χ0v) is 13.8. The van der Waals surface area contributed by atoms with Gasteiger partial charge in [-0.25, -0.2) is 0 Å². The quantitative estimate of drug-likeness (QED) is 0.560. The Bertz CT molecular complexity index is 406. The van der Waals surface area contributed by atoms with Gasteiger partial charge in [-0.15, -0.1) is 0 Å². The summed E-state index contributed by atoms with van der Waals surface area (Å²) in [4.78, 5) is 0. The third kappa shape index (κ3) is 3.94. The molecule has 2 rings (SSSR count). The highest BCUT2D eigenvalue weighted by molar-refractivity contribution is 7.80. The summed E-state index contributed by atoms with van der Waals surface area (Å²) in [5.74, 6) is 2.51. The van der Waals surface area contributed by atoms with E-state index in [0.717, 1.165) is 18.1 Å². The first-order valence-electron chi connectivity index (χ1n) is 7.99. The fraction of sp³-hybridized carbons (Fsp3) is 0.667. The van der Waals surface area contributed by atoms with Crippen molar-refractivity contribution in [2.75, 3.05) is 12.4 Å². The first-order chi connectivity index (χ1) is 9.67. The molecular weight excluding hydrogens is 264 g/mol. The van der Waals surface area contributed by atoms with Crippen LogP contribution in [0.1, 0.15) is 63.9 Å². The molecule has 1 aliphatic carbocycles. The third-order valence-electron chi connectivity index (χ3n) is 4.57. The van der Waals surface area contributed by atoms with Crippen LogP contribution < -0.4 is 4.74 Å². The molecule has 0 aromatic heterocycles. The number of hydrogen-bond acceptors (Lipinski definition) is 2. The van der Waals surface area contributed by atoms with E-state index in [-0.39, 0.29) is 5.41 Å². The van der Waals surface area contributed by atoms with E-state index in [4.69, 9.17) is 4.74 Å². The van der Waals surface area contributed by atoms with Crippen LogP contribution in [0.2, 0.25) is 0 Å². The molecule has 1 aromatic carbocycles. The molecule has 0 heterocycles. The first-order valence-corrected chi connectivity index (χ1v) is 8.63. The number of hydrogen-bond donors (Lipinski definition) is 1. The molecular formula is C18H28OS. The Kier molecular flexibility index (Phi) is 5.83. The van der Waals surface area contributed by atoms with Crippen molar-refractivity contribution < 1.29 is 4.74 Å². The highest BCUT2D eigenvalue weighted by atomic mass is 32.1. The van der Waals surface area contributed by atoms with Crippen molar-refractivity contribution in [3.05, 3.63) is 29.8 Å². The number of rotatable bonds is 5. The molecule has 112 valence electrons. The van der Waals surface area contributed by atoms with Crippen LogP contribution in [0.4, 0.5) is 0 Å². The summed E-state index contributed by atoms with van der Waals surface area (Å²) in [6.45, 7) is 5.27. The zero-order chi connectivity index (χ0) is 14.4. The Morgan fingerprint density at radius 2 is 1.75 bits per heavy atom. The fourth-order valence-electron chi connectivity index (χ4n) is 3.15. The van der Waals surface area contributed by atoms with Gasteiger partial charge in [0, 0.05) is 5.41 Å². The van der Waals surface area contributed by atoms with Crippen molar-refractivity contribution in [1.82, 2.24) is 0 Å². The molecule has 20 heavy (non-hydrogen) atoms. The summed E-state index contributed by atoms with van der Waals surface area (Å²) in [6, 6.07) is 8.46. The van der Waals surface area contributed by atoms with Crippen LogP contribution in [0.5, 0.6) is 5.75 Å². The highest BCUT2D eigenvalue weighted by Crippen LogP contribution is 2.37. The van der Waals surface area contributed by atoms with Gasteiger partial charge in [-0.1, -0.05) is 57.7 Å². The van der Waals surface area contributed by atoms with Crippen LogP contribution >= 0.6 is 12.6 Å². The molecule has 0 radical (unpaired) electrons. The van der Waals surface area contributed by atoms with E-state index in [1.165, 1.54) is 44.1 Å². The Morgan fingerprint density at radius 1 is 1.10 bits per heavy atom. The van der Waals surface area contributed by atoms with E-state index in [1.807, 2.05) is 0 Å². The van der Waals surface area contributed by atoms with Crippen molar-refractivity contribution in [3.63, 3.8) is 0 Å². The van der Waals surface area contributed by atoms with Gasteiger partial charge in [0.2, 0.25) is 0 Å². The summed E-state index contributed by atoms with van der Waals surface area (Å²) in [5.41, 5.74) is 1.60. The van der Waals surface area contributed by atoms with Gasteiger partial charge in [0.25, 0.3) is 0 Å². The molecule has 1 aliphatic rings. The topological polar surface area (TPSA) is 9.23 Å². The number of thiol groups is 1. The molecule has 0 spiro atoms. The molecule has 0 amide bonds. The van der Waals surface area contributed by atoms with E-state index >= 15 is 0 Å². The Hall–Kier alpha value is -0.630. The molecule has 1 fully saturated rings. The molecule has 0 bridgehead atoms. The lowest BCUT2D eigenvalue weighted by atomic mass is 9.83. The average molecular weight is 292 g/mol. The van der Waals surface area contributed by atoms with E-state index in [9.17, 15) is 0 Å². The monoisotopic (exact) mass is 292 g/mol. The van der Waals surface area contributed by atoms with Crippen LogP contribution in [0, 0.1) is 5.41 Å². The third-order valence-corrected chi connectivity index (χ3v) is 5.25. The largest absolute Gasteiger partial charge is 0.493 e. The van der Waals surface area contributed by atoms with E-state index in [0.29, 0.717) is 5.92 Å². The van der Waals surface area contributed by atoms with Crippen molar-refractivity contribution in [3.8, 4) is 5.75 Å². The summed E-state index contributed by atoms with van der Waals surface area (Å²) >= 11 is 4.63. The van der Waals surface area contributed by atoms with Gasteiger partial charge in [-0.05, 0) is 36.1 Å². The van der Waals surface area contributed by atoms with Gasteiger partial charge in [0.05, 0.1) is 6.61 Å². The second-order valence-electron chi connectivity index (χ2n) is 6.55. The van der Waals surface area contributed by atoms with Crippen molar-refractivity contribution in [1.29, 1.82) is 0 Å². The number of benzene rings is 1. The molecule has 0 atom stereocenters. The molecule has 0 saturated heterocycles. The van der Waals surface area contributed by atoms with Gasteiger partial charge in [0.1, 0.15) is 5.75 Å². The van der Waals surface area contributed by atoms with Gasteiger partial charge in [-0.3, -0.25) is 0 Å². The molecule has 2 heteroatoms. The lowest BCUT2D eigenvalue weighted by molar-refractivity contribution is 0.147. The van der Waals surface area contributed by atoms with Crippen LogP contribution in [0.15, 0.2) is 24.3 Å². The number of ether oxygens (including phenoxy) is 1. The lowest BCUT2D eigenvalue weighted by Gasteiger charge is -2.31. The van der Waals surface area contributed by atoms with Gasteiger partial charge in [0.15, 0.2) is 0 Å². The Morgan fingerprint density at radius 3 is 2.35 bits per heavy atom. The maximum atomic E-state index is 6.24. The summed E-state index contributed by atoms with van der Waals surface area (Å²) in [6.07, 6.45) is 7.93. The standard InChI is InChI=1S/C18H28OS/c1-15(2)16-9-5-6-10-17(16)19-13-18(14-20)11-7-3-4-8-12-18/h5-6,9-10,15,20H,3-4,7-8,11-14H2,1-2H3. The minimum atomic E-state index is 0.281. The van der Waals surface area contributed by atoms with Crippen molar-refractivity contribution >= 4 is 12.6 Å². The van der Waals surface area contributed by atoms with E-state index in [1.54, 1.807) is 0 Å². The molecule has 1 saturated carbocycles. The van der Waals surface area contributed by atoms with Gasteiger partial charge >= 0.3 is 0 Å². The van der Waals surface area contributed by atoms with Gasteiger partial charge in [-0.2, -0.15) is 12.6 Å². The second kappa shape index (κ2) is 7.40. The van der Waals surface area contributed by atoms with Gasteiger partial charge < -0.3 is 4.74 Å². The Balaban J connectivity index is 2.06. The predicted molar refractivity (Wildman–Crippen MR) is 90.0 cm³/mol. The molecule has 1 nitrogen and oxygen atoms in total. The highest BCUT2D eigenvalue weighted by Gasteiger charge is 2.30. The summed E-state index contributed by atoms with van der Waals surface area (Å²) < 4.78 is 6.24. The smallest absolute Gasteiger partial charge is 0.122 e. The van der Waals surface area contributed by atoms with Crippen LogP contribution in [0.25, 0.3) is 0 Å². The zero-order valence-electron chi connectivity index (χ0n) is 12.9. The van der Waals surface area contributed by atoms with Crippen LogP contribution in [-0.2, 0) is 0 Å². The van der Waals surface area contributed by atoms with Crippen LogP contribution in [-0.4, -0.2) is 12.4 Å². The maximum Gasteiger partial charge on any atom is 0.122 e. The normalized spacial score (nSPS) is 18.8. The lowest BCUT2D eigenvalue weighted by Crippen LogP contribution is -2.30. The molecule has 1 aromatic rings. The second-order valence-corrected chi connectivity index (χ2v) is 6.87. The SMILES string of the molecule is CC(C)c1ccccc1OCC1(CS)CCCCCC1. The maximum absolute atomic E-state index is 6.24. The summed E-state index contributed by atoms with van der Waals surface area (Å²) in [7, 11) is 0. The predicted octanol–water partition coefficient (Wildman–Crippen LogP) is 5.46. The average Bonchev–Trinajstić information content (AvgIpc) is 2.71. The minimum absolute atomic E-state index is 0.281. The molecule has 0 aliphatic heterocycles. The van der Waals surface area contributed by atoms with E-state index in [2.05, 4.69) is 50.7 Å². The fourth-order valence-corrected chi connectivity index (χ4v) is 3.55. The van der Waals surface area contributed by atoms with Crippen molar-refractivity contribution in [2.45, 2.75) is 58.3 Å². The van der Waals surface area contributed by atoms with E-state index < -0.39 is 0 Å². The molecule has 0 unspecified atom stereocenters. The molecule has 0 N–H and O–H groups in total. The first kappa shape index (κ1) is 15.8.